The van der Waals surface area contributed by atoms with Gasteiger partial charge in [0.25, 0.3) is 0 Å². The molecule has 2 aromatic heterocycles. The molecule has 2 aromatic rings. The Balaban J connectivity index is 1.90. The zero-order valence-electron chi connectivity index (χ0n) is 8.42. The summed E-state index contributed by atoms with van der Waals surface area (Å²) in [5, 5.41) is 9.30. The van der Waals surface area contributed by atoms with Crippen molar-refractivity contribution < 1.29 is 0 Å². The van der Waals surface area contributed by atoms with Gasteiger partial charge in [-0.25, -0.2) is 0 Å². The van der Waals surface area contributed by atoms with Crippen LogP contribution in [0.15, 0.2) is 29.9 Å². The van der Waals surface area contributed by atoms with Gasteiger partial charge in [-0.1, -0.05) is 4.49 Å². The van der Waals surface area contributed by atoms with Gasteiger partial charge in [0.15, 0.2) is 0 Å². The molecular weight excluding hydrogens is 208 g/mol. The van der Waals surface area contributed by atoms with E-state index >= 15 is 0 Å². The highest BCUT2D eigenvalue weighted by Crippen LogP contribution is 2.10. The van der Waals surface area contributed by atoms with E-state index in [0.29, 0.717) is 6.04 Å². The molecule has 15 heavy (non-hydrogen) atoms. The van der Waals surface area contributed by atoms with Gasteiger partial charge >= 0.3 is 0 Å². The molecule has 0 amide bonds. The number of nitrogens with zero attached hydrogens (tertiary/aromatic N) is 3. The molecule has 0 aliphatic carbocycles. The van der Waals surface area contributed by atoms with Crippen molar-refractivity contribution in [2.45, 2.75) is 19.5 Å². The van der Waals surface area contributed by atoms with Crippen LogP contribution in [0.4, 0.5) is 0 Å². The zero-order chi connectivity index (χ0) is 10.5. The van der Waals surface area contributed by atoms with Gasteiger partial charge in [-0.2, -0.15) is 0 Å². The molecule has 78 valence electrons. The van der Waals surface area contributed by atoms with Gasteiger partial charge in [-0.3, -0.25) is 4.98 Å². The summed E-state index contributed by atoms with van der Waals surface area (Å²) >= 11 is 1.38. The summed E-state index contributed by atoms with van der Waals surface area (Å²) in [6, 6.07) is 4.32. The van der Waals surface area contributed by atoms with Crippen LogP contribution < -0.4 is 5.32 Å². The highest BCUT2D eigenvalue weighted by Gasteiger charge is 2.04. The third kappa shape index (κ3) is 2.81. The maximum absolute atomic E-state index is 3.99. The fourth-order valence-corrected chi connectivity index (χ4v) is 1.74. The average Bonchev–Trinajstić information content (AvgIpc) is 2.80. The highest BCUT2D eigenvalue weighted by atomic mass is 32.1. The Hall–Kier alpha value is -1.33. The topological polar surface area (TPSA) is 50.7 Å². The van der Waals surface area contributed by atoms with Crippen LogP contribution in [0.2, 0.25) is 0 Å². The predicted molar refractivity (Wildman–Crippen MR) is 59.4 cm³/mol. The molecular formula is C10H12N4S. The van der Waals surface area contributed by atoms with Gasteiger partial charge in [-0.05, 0) is 36.2 Å². The first-order valence-electron chi connectivity index (χ1n) is 4.75. The van der Waals surface area contributed by atoms with Crippen molar-refractivity contribution in [1.29, 1.82) is 0 Å². The summed E-state index contributed by atoms with van der Waals surface area (Å²) in [6.07, 6.45) is 3.61. The quantitative estimate of drug-likeness (QED) is 0.853. The van der Waals surface area contributed by atoms with Crippen molar-refractivity contribution in [3.05, 3.63) is 41.2 Å². The van der Waals surface area contributed by atoms with E-state index in [1.165, 1.54) is 17.1 Å². The molecule has 4 nitrogen and oxygen atoms in total. The van der Waals surface area contributed by atoms with Crippen LogP contribution in [-0.4, -0.2) is 14.6 Å². The normalized spacial score (nSPS) is 12.6. The van der Waals surface area contributed by atoms with Crippen LogP contribution in [0.1, 0.15) is 24.2 Å². The van der Waals surface area contributed by atoms with Gasteiger partial charge in [0, 0.05) is 30.4 Å². The number of aromatic nitrogens is 3. The number of pyridine rings is 1. The van der Waals surface area contributed by atoms with E-state index in [9.17, 15) is 0 Å². The van der Waals surface area contributed by atoms with Crippen molar-refractivity contribution in [1.82, 2.24) is 19.9 Å². The first-order chi connectivity index (χ1) is 7.36. The van der Waals surface area contributed by atoms with Gasteiger partial charge in [-0.15, -0.1) is 5.10 Å². The summed E-state index contributed by atoms with van der Waals surface area (Å²) in [4.78, 5) is 3.99. The molecule has 2 heterocycles. The molecule has 1 unspecified atom stereocenters. The molecule has 2 rings (SSSR count). The number of hydrogen-bond acceptors (Lipinski definition) is 5. The Morgan fingerprint density at radius 3 is 2.87 bits per heavy atom. The van der Waals surface area contributed by atoms with Crippen molar-refractivity contribution in [2.24, 2.45) is 0 Å². The summed E-state index contributed by atoms with van der Waals surface area (Å²) in [6.45, 7) is 2.87. The standard InChI is InChI=1S/C10H12N4S/c1-8(9-2-4-11-5-3-9)12-6-10-7-15-14-13-10/h2-5,7-8,12H,6H2,1H3. The van der Waals surface area contributed by atoms with Crippen LogP contribution in [-0.2, 0) is 6.54 Å². The molecule has 0 aliphatic rings. The summed E-state index contributed by atoms with van der Waals surface area (Å²) < 4.78 is 3.81. The van der Waals surface area contributed by atoms with Crippen LogP contribution >= 0.6 is 11.5 Å². The van der Waals surface area contributed by atoms with Gasteiger partial charge < -0.3 is 5.32 Å². The number of rotatable bonds is 4. The van der Waals surface area contributed by atoms with Crippen LogP contribution in [0, 0.1) is 0 Å². The molecule has 0 aromatic carbocycles. The number of nitrogens with one attached hydrogen (secondary N) is 1. The fraction of sp³-hybridized carbons (Fsp3) is 0.300. The first kappa shape index (κ1) is 10.2. The Labute approximate surface area is 92.5 Å². The monoisotopic (exact) mass is 220 g/mol. The molecule has 0 bridgehead atoms. The SMILES string of the molecule is CC(NCc1csnn1)c1ccncc1. The molecule has 0 fully saturated rings. The minimum atomic E-state index is 0.301. The summed E-state index contributed by atoms with van der Waals surface area (Å²) in [5.74, 6) is 0. The third-order valence-electron chi connectivity index (χ3n) is 2.20. The second-order valence-corrected chi connectivity index (χ2v) is 3.89. The lowest BCUT2D eigenvalue weighted by Gasteiger charge is -2.12. The Kier molecular flexibility index (Phi) is 3.37. The van der Waals surface area contributed by atoms with Gasteiger partial charge in [0.1, 0.15) is 0 Å². The van der Waals surface area contributed by atoms with Gasteiger partial charge in [0.05, 0.1) is 5.69 Å². The molecule has 0 radical (unpaired) electrons. The van der Waals surface area contributed by atoms with Crippen molar-refractivity contribution >= 4 is 11.5 Å². The molecule has 0 saturated carbocycles. The maximum atomic E-state index is 3.99. The minimum absolute atomic E-state index is 0.301. The summed E-state index contributed by atoms with van der Waals surface area (Å²) in [7, 11) is 0. The molecule has 1 atom stereocenters. The zero-order valence-corrected chi connectivity index (χ0v) is 9.24. The van der Waals surface area contributed by atoms with E-state index in [1.807, 2.05) is 17.5 Å². The molecule has 1 N–H and O–H groups in total. The van der Waals surface area contributed by atoms with Crippen LogP contribution in [0.25, 0.3) is 0 Å². The van der Waals surface area contributed by atoms with E-state index in [2.05, 4.69) is 26.8 Å². The van der Waals surface area contributed by atoms with Crippen molar-refractivity contribution in [3.8, 4) is 0 Å². The lowest BCUT2D eigenvalue weighted by atomic mass is 10.1. The summed E-state index contributed by atoms with van der Waals surface area (Å²) in [5.41, 5.74) is 2.22. The Morgan fingerprint density at radius 1 is 1.40 bits per heavy atom. The maximum Gasteiger partial charge on any atom is 0.0893 e. The average molecular weight is 220 g/mol. The smallest absolute Gasteiger partial charge is 0.0893 e. The molecule has 0 aliphatic heterocycles. The van der Waals surface area contributed by atoms with Crippen molar-refractivity contribution in [2.75, 3.05) is 0 Å². The van der Waals surface area contributed by atoms with Crippen LogP contribution in [0.5, 0.6) is 0 Å². The Bertz CT molecular complexity index is 387. The number of hydrogen-bond donors (Lipinski definition) is 1. The minimum Gasteiger partial charge on any atom is -0.304 e. The van der Waals surface area contributed by atoms with E-state index in [4.69, 9.17) is 0 Å². The Morgan fingerprint density at radius 2 is 2.20 bits per heavy atom. The van der Waals surface area contributed by atoms with E-state index in [0.717, 1.165) is 12.2 Å². The van der Waals surface area contributed by atoms with Crippen molar-refractivity contribution in [3.63, 3.8) is 0 Å². The fourth-order valence-electron chi connectivity index (χ4n) is 1.29. The molecule has 0 spiro atoms. The lowest BCUT2D eigenvalue weighted by molar-refractivity contribution is 0.566. The van der Waals surface area contributed by atoms with Crippen LogP contribution in [0.3, 0.4) is 0 Å². The second kappa shape index (κ2) is 4.95. The van der Waals surface area contributed by atoms with E-state index < -0.39 is 0 Å². The largest absolute Gasteiger partial charge is 0.304 e. The molecule has 0 saturated heterocycles. The van der Waals surface area contributed by atoms with Gasteiger partial charge in [0.2, 0.25) is 0 Å². The first-order valence-corrected chi connectivity index (χ1v) is 5.59. The van der Waals surface area contributed by atoms with E-state index in [1.54, 1.807) is 12.4 Å². The lowest BCUT2D eigenvalue weighted by Crippen LogP contribution is -2.18. The highest BCUT2D eigenvalue weighted by molar-refractivity contribution is 7.03. The van der Waals surface area contributed by atoms with E-state index in [-0.39, 0.29) is 0 Å². The third-order valence-corrected chi connectivity index (χ3v) is 2.75. The second-order valence-electron chi connectivity index (χ2n) is 3.28. The predicted octanol–water partition coefficient (Wildman–Crippen LogP) is 1.78. The molecule has 5 heteroatoms.